The number of non-ortho nitro benzene ring substituents is 1. The molecule has 0 heterocycles. The van der Waals surface area contributed by atoms with Gasteiger partial charge in [0.2, 0.25) is 0 Å². The zero-order valence-electron chi connectivity index (χ0n) is 15.4. The topological polar surface area (TPSA) is 115 Å². The second-order valence-corrected chi connectivity index (χ2v) is 8.29. The van der Waals surface area contributed by atoms with Crippen LogP contribution in [0.5, 0.6) is 0 Å². The lowest BCUT2D eigenvalue weighted by atomic mass is 9.69. The molecule has 2 bridgehead atoms. The Bertz CT molecular complexity index is 819. The van der Waals surface area contributed by atoms with E-state index in [2.05, 4.69) is 26.1 Å². The van der Waals surface area contributed by atoms with Gasteiger partial charge in [-0.05, 0) is 42.9 Å². The van der Waals surface area contributed by atoms with Crippen LogP contribution in [0.2, 0.25) is 0 Å². The molecule has 1 amide bonds. The van der Waals surface area contributed by atoms with Crippen molar-refractivity contribution in [3.63, 3.8) is 0 Å². The van der Waals surface area contributed by atoms with Gasteiger partial charge in [-0.3, -0.25) is 25.0 Å². The summed E-state index contributed by atoms with van der Waals surface area (Å²) in [5.74, 6) is 0.0437. The highest BCUT2D eigenvalue weighted by Crippen LogP contribution is 2.65. The van der Waals surface area contributed by atoms with Gasteiger partial charge in [0.05, 0.1) is 21.5 Å². The van der Waals surface area contributed by atoms with Crippen LogP contribution in [-0.2, 0) is 0 Å². The summed E-state index contributed by atoms with van der Waals surface area (Å²) in [7, 11) is 0. The first-order valence-corrected chi connectivity index (χ1v) is 8.73. The Kier molecular flexibility index (Phi) is 4.05. The number of carbonyl (C=O) groups is 1. The molecule has 3 unspecified atom stereocenters. The van der Waals surface area contributed by atoms with E-state index in [1.165, 1.54) is 6.92 Å². The van der Waals surface area contributed by atoms with Crippen molar-refractivity contribution in [1.82, 2.24) is 5.32 Å². The molecule has 0 aromatic heterocycles. The average molecular weight is 361 g/mol. The molecule has 1 N–H and O–H groups in total. The molecule has 2 aliphatic carbocycles. The van der Waals surface area contributed by atoms with Crippen molar-refractivity contribution < 1.29 is 14.6 Å². The number of nitro benzene ring substituents is 2. The van der Waals surface area contributed by atoms with Crippen LogP contribution in [0.15, 0.2) is 12.1 Å². The van der Waals surface area contributed by atoms with Crippen LogP contribution in [0.25, 0.3) is 0 Å². The van der Waals surface area contributed by atoms with Crippen LogP contribution in [-0.4, -0.2) is 21.8 Å². The van der Waals surface area contributed by atoms with E-state index in [4.69, 9.17) is 0 Å². The Balaban J connectivity index is 1.94. The zero-order valence-corrected chi connectivity index (χ0v) is 15.4. The second-order valence-electron chi connectivity index (χ2n) is 8.29. The van der Waals surface area contributed by atoms with E-state index < -0.39 is 27.1 Å². The first-order chi connectivity index (χ1) is 12.0. The van der Waals surface area contributed by atoms with E-state index in [0.29, 0.717) is 5.92 Å². The standard InChI is InChI=1S/C18H23N3O5/c1-10-13(8-12(20(23)24)9-14(10)21(25)26)16(22)19-15-7-11-5-6-18(15,4)17(11,2)3/h8-9,11,15H,5-7H2,1-4H3,(H,19,22). The predicted molar refractivity (Wildman–Crippen MR) is 95.0 cm³/mol. The fourth-order valence-corrected chi connectivity index (χ4v) is 4.87. The predicted octanol–water partition coefficient (Wildman–Crippen LogP) is 3.76. The summed E-state index contributed by atoms with van der Waals surface area (Å²) < 4.78 is 0. The lowest BCUT2D eigenvalue weighted by molar-refractivity contribution is -0.394. The van der Waals surface area contributed by atoms with E-state index in [9.17, 15) is 25.0 Å². The number of hydrogen-bond acceptors (Lipinski definition) is 5. The highest BCUT2D eigenvalue weighted by molar-refractivity contribution is 5.97. The molecule has 0 aliphatic heterocycles. The fourth-order valence-electron chi connectivity index (χ4n) is 4.87. The second kappa shape index (κ2) is 5.75. The largest absolute Gasteiger partial charge is 0.349 e. The molecule has 0 spiro atoms. The Hall–Kier alpha value is -2.51. The van der Waals surface area contributed by atoms with Gasteiger partial charge in [0, 0.05) is 17.7 Å². The monoisotopic (exact) mass is 361 g/mol. The van der Waals surface area contributed by atoms with E-state index in [1.54, 1.807) is 0 Å². The minimum Gasteiger partial charge on any atom is -0.349 e. The van der Waals surface area contributed by atoms with Gasteiger partial charge in [0.25, 0.3) is 17.3 Å². The lowest BCUT2D eigenvalue weighted by Gasteiger charge is -2.39. The van der Waals surface area contributed by atoms with E-state index in [-0.39, 0.29) is 28.0 Å². The third kappa shape index (κ3) is 2.47. The fraction of sp³-hybridized carbons (Fsp3) is 0.611. The maximum atomic E-state index is 12.8. The third-order valence-electron chi connectivity index (χ3n) is 7.12. The van der Waals surface area contributed by atoms with Crippen molar-refractivity contribution in [2.24, 2.45) is 16.7 Å². The van der Waals surface area contributed by atoms with Crippen molar-refractivity contribution in [3.05, 3.63) is 43.5 Å². The van der Waals surface area contributed by atoms with Gasteiger partial charge in [-0.15, -0.1) is 0 Å². The summed E-state index contributed by atoms with van der Waals surface area (Å²) in [6.45, 7) is 8.07. The van der Waals surface area contributed by atoms with E-state index in [1.807, 2.05) is 0 Å². The number of nitro groups is 2. The molecular formula is C18H23N3O5. The molecule has 140 valence electrons. The number of carbonyl (C=O) groups excluding carboxylic acids is 1. The van der Waals surface area contributed by atoms with Gasteiger partial charge in [0.15, 0.2) is 0 Å². The highest BCUT2D eigenvalue weighted by Gasteiger charge is 2.61. The highest BCUT2D eigenvalue weighted by atomic mass is 16.6. The number of amides is 1. The summed E-state index contributed by atoms with van der Waals surface area (Å²) in [4.78, 5) is 33.7. The van der Waals surface area contributed by atoms with Crippen molar-refractivity contribution in [1.29, 1.82) is 0 Å². The summed E-state index contributed by atoms with van der Waals surface area (Å²) in [6, 6.07) is 1.98. The molecule has 26 heavy (non-hydrogen) atoms. The minimum absolute atomic E-state index is 0.00456. The Labute approximate surface area is 151 Å². The molecule has 1 aromatic rings. The molecular weight excluding hydrogens is 338 g/mol. The number of benzene rings is 1. The van der Waals surface area contributed by atoms with Crippen molar-refractivity contribution in [2.45, 2.75) is 53.0 Å². The first-order valence-electron chi connectivity index (χ1n) is 8.73. The Morgan fingerprint density at radius 3 is 2.31 bits per heavy atom. The Morgan fingerprint density at radius 1 is 1.19 bits per heavy atom. The SMILES string of the molecule is Cc1c(C(=O)NC2CC3CCC2(C)C3(C)C)cc([N+](=O)[O-])cc1[N+](=O)[O-]. The van der Waals surface area contributed by atoms with Gasteiger partial charge in [-0.1, -0.05) is 20.8 Å². The number of fused-ring (bicyclic) bond motifs is 2. The van der Waals surface area contributed by atoms with Crippen molar-refractivity contribution >= 4 is 17.3 Å². The molecule has 1 aromatic carbocycles. The third-order valence-corrected chi connectivity index (χ3v) is 7.12. The van der Waals surface area contributed by atoms with E-state index >= 15 is 0 Å². The normalized spacial score (nSPS) is 28.8. The minimum atomic E-state index is -0.717. The zero-order chi connectivity index (χ0) is 19.4. The summed E-state index contributed by atoms with van der Waals surface area (Å²) in [5, 5.41) is 25.3. The van der Waals surface area contributed by atoms with Crippen LogP contribution in [0, 0.1) is 43.9 Å². The lowest BCUT2D eigenvalue weighted by Crippen LogP contribution is -2.47. The maximum Gasteiger partial charge on any atom is 0.279 e. The number of rotatable bonds is 4. The summed E-state index contributed by atoms with van der Waals surface area (Å²) in [5.41, 5.74) is -0.667. The van der Waals surface area contributed by atoms with Crippen molar-refractivity contribution in [2.75, 3.05) is 0 Å². The molecule has 2 aliphatic rings. The quantitative estimate of drug-likeness (QED) is 0.647. The molecule has 2 saturated carbocycles. The molecule has 0 saturated heterocycles. The van der Waals surface area contributed by atoms with Crippen LogP contribution in [0.4, 0.5) is 11.4 Å². The average Bonchev–Trinajstić information content (AvgIpc) is 2.87. The van der Waals surface area contributed by atoms with E-state index in [0.717, 1.165) is 31.4 Å². The first kappa shape index (κ1) is 18.3. The van der Waals surface area contributed by atoms with Gasteiger partial charge in [0.1, 0.15) is 0 Å². The molecule has 3 rings (SSSR count). The van der Waals surface area contributed by atoms with Gasteiger partial charge in [-0.2, -0.15) is 0 Å². The number of nitrogens with zero attached hydrogens (tertiary/aromatic N) is 2. The van der Waals surface area contributed by atoms with Gasteiger partial charge < -0.3 is 5.32 Å². The maximum absolute atomic E-state index is 12.8. The Morgan fingerprint density at radius 2 is 1.85 bits per heavy atom. The molecule has 2 fully saturated rings. The van der Waals surface area contributed by atoms with Crippen LogP contribution in [0.3, 0.4) is 0 Å². The number of hydrogen-bond donors (Lipinski definition) is 1. The van der Waals surface area contributed by atoms with Crippen LogP contribution >= 0.6 is 0 Å². The van der Waals surface area contributed by atoms with Gasteiger partial charge in [-0.25, -0.2) is 0 Å². The summed E-state index contributed by atoms with van der Waals surface area (Å²) in [6.07, 6.45) is 3.02. The molecule has 8 nitrogen and oxygen atoms in total. The molecule has 3 atom stereocenters. The van der Waals surface area contributed by atoms with Crippen LogP contribution < -0.4 is 5.32 Å². The van der Waals surface area contributed by atoms with Gasteiger partial charge >= 0.3 is 0 Å². The van der Waals surface area contributed by atoms with Crippen LogP contribution in [0.1, 0.15) is 56.0 Å². The van der Waals surface area contributed by atoms with Crippen molar-refractivity contribution in [3.8, 4) is 0 Å². The smallest absolute Gasteiger partial charge is 0.279 e. The molecule has 8 heteroatoms. The number of nitrogens with one attached hydrogen (secondary N) is 1. The molecule has 0 radical (unpaired) electrons. The summed E-state index contributed by atoms with van der Waals surface area (Å²) >= 11 is 0.